The predicted molar refractivity (Wildman–Crippen MR) is 95.4 cm³/mol. The lowest BCUT2D eigenvalue weighted by atomic mass is 10.2. The van der Waals surface area contributed by atoms with Crippen molar-refractivity contribution in [2.24, 2.45) is 0 Å². The first kappa shape index (κ1) is 16.8. The Morgan fingerprint density at radius 3 is 2.44 bits per heavy atom. The van der Waals surface area contributed by atoms with Crippen LogP contribution in [0, 0.1) is 25.2 Å². The molecule has 0 radical (unpaired) electrons. The monoisotopic (exact) mass is 396 g/mol. The molecule has 2 aromatic heterocycles. The van der Waals surface area contributed by atoms with E-state index in [0.29, 0.717) is 11.5 Å². The Morgan fingerprint density at radius 1 is 1.20 bits per heavy atom. The lowest BCUT2D eigenvalue weighted by molar-refractivity contribution is 0.102. The third-order valence-electron chi connectivity index (χ3n) is 3.39. The second kappa shape index (κ2) is 6.83. The van der Waals surface area contributed by atoms with Crippen LogP contribution in [0.4, 0.5) is 5.82 Å². The minimum absolute atomic E-state index is 0.230. The summed E-state index contributed by atoms with van der Waals surface area (Å²) in [6, 6.07) is 10.7. The zero-order valence-corrected chi connectivity index (χ0v) is 15.1. The van der Waals surface area contributed by atoms with Crippen molar-refractivity contribution in [2.75, 3.05) is 5.32 Å². The van der Waals surface area contributed by atoms with Crippen LogP contribution in [0.25, 0.3) is 5.95 Å². The van der Waals surface area contributed by atoms with Crippen LogP contribution in [0.2, 0.25) is 0 Å². The average molecular weight is 397 g/mol. The van der Waals surface area contributed by atoms with Crippen LogP contribution >= 0.6 is 15.9 Å². The van der Waals surface area contributed by atoms with Gasteiger partial charge in [0.25, 0.3) is 11.9 Å². The fourth-order valence-corrected chi connectivity index (χ4v) is 2.55. The molecule has 1 amide bonds. The first-order valence-corrected chi connectivity index (χ1v) is 8.15. The van der Waals surface area contributed by atoms with Gasteiger partial charge in [0.15, 0.2) is 5.82 Å². The van der Waals surface area contributed by atoms with Crippen molar-refractivity contribution in [1.82, 2.24) is 19.7 Å². The third-order valence-corrected chi connectivity index (χ3v) is 3.92. The number of hydrogen-bond acceptors (Lipinski definition) is 5. The molecular weight excluding hydrogens is 384 g/mol. The van der Waals surface area contributed by atoms with E-state index < -0.39 is 0 Å². The number of nitrogens with one attached hydrogen (secondary N) is 1. The number of benzene rings is 1. The van der Waals surface area contributed by atoms with E-state index in [0.717, 1.165) is 15.9 Å². The summed E-state index contributed by atoms with van der Waals surface area (Å²) in [4.78, 5) is 21.1. The second-order valence-corrected chi connectivity index (χ2v) is 6.26. The highest BCUT2D eigenvalue weighted by molar-refractivity contribution is 9.10. The van der Waals surface area contributed by atoms with Gasteiger partial charge in [-0.2, -0.15) is 15.0 Å². The van der Waals surface area contributed by atoms with Crippen molar-refractivity contribution < 1.29 is 4.79 Å². The highest BCUT2D eigenvalue weighted by Crippen LogP contribution is 2.19. The van der Waals surface area contributed by atoms with Crippen LogP contribution in [0.5, 0.6) is 0 Å². The summed E-state index contributed by atoms with van der Waals surface area (Å²) in [5.41, 5.74) is 2.22. The Morgan fingerprint density at radius 2 is 1.84 bits per heavy atom. The Labute approximate surface area is 152 Å². The summed E-state index contributed by atoms with van der Waals surface area (Å²) in [5, 5.41) is 16.2. The van der Waals surface area contributed by atoms with Crippen molar-refractivity contribution >= 4 is 27.7 Å². The molecule has 25 heavy (non-hydrogen) atoms. The number of halogens is 1. The topological polar surface area (TPSA) is 96.5 Å². The summed E-state index contributed by atoms with van der Waals surface area (Å²) < 4.78 is 2.23. The molecule has 0 saturated heterocycles. The van der Waals surface area contributed by atoms with Gasteiger partial charge in [0, 0.05) is 21.4 Å². The van der Waals surface area contributed by atoms with E-state index in [1.165, 1.54) is 10.9 Å². The van der Waals surface area contributed by atoms with Crippen LogP contribution < -0.4 is 5.32 Å². The van der Waals surface area contributed by atoms with Gasteiger partial charge in [0.1, 0.15) is 11.6 Å². The van der Waals surface area contributed by atoms with Gasteiger partial charge < -0.3 is 5.32 Å². The molecule has 0 saturated carbocycles. The van der Waals surface area contributed by atoms with Crippen LogP contribution in [-0.2, 0) is 0 Å². The fraction of sp³-hybridized carbons (Fsp3) is 0.118. The highest BCUT2D eigenvalue weighted by atomic mass is 79.9. The Bertz CT molecular complexity index is 967. The molecule has 0 bridgehead atoms. The average Bonchev–Trinajstić information content (AvgIpc) is 2.97. The number of aromatic nitrogens is 4. The standard InChI is InChI=1S/C17H13BrN6O/c1-10-7-11(2)22-17(21-10)24-15(13(8-19)9-20-24)23-16(25)12-3-5-14(18)6-4-12/h3-7,9H,1-2H3,(H,23,25). The molecule has 0 spiro atoms. The first-order valence-electron chi connectivity index (χ1n) is 7.35. The van der Waals surface area contributed by atoms with Gasteiger partial charge in [-0.3, -0.25) is 4.79 Å². The van der Waals surface area contributed by atoms with Crippen LogP contribution in [0.15, 0.2) is 41.0 Å². The van der Waals surface area contributed by atoms with Crippen molar-refractivity contribution in [2.45, 2.75) is 13.8 Å². The predicted octanol–water partition coefficient (Wildman–Crippen LogP) is 3.17. The number of nitrogens with zero attached hydrogens (tertiary/aromatic N) is 5. The van der Waals surface area contributed by atoms with Gasteiger partial charge in [-0.25, -0.2) is 9.97 Å². The molecule has 7 nitrogen and oxygen atoms in total. The number of hydrogen-bond donors (Lipinski definition) is 1. The number of amides is 1. The first-order chi connectivity index (χ1) is 12.0. The zero-order chi connectivity index (χ0) is 18.0. The molecule has 2 heterocycles. The van der Waals surface area contributed by atoms with Crippen molar-refractivity contribution in [1.29, 1.82) is 5.26 Å². The van der Waals surface area contributed by atoms with Crippen molar-refractivity contribution in [3.05, 3.63) is 63.5 Å². The van der Waals surface area contributed by atoms with Gasteiger partial charge in [-0.15, -0.1) is 0 Å². The van der Waals surface area contributed by atoms with Gasteiger partial charge in [-0.1, -0.05) is 15.9 Å². The van der Waals surface area contributed by atoms with Gasteiger partial charge in [0.2, 0.25) is 0 Å². The molecule has 0 aliphatic carbocycles. The molecule has 8 heteroatoms. The van der Waals surface area contributed by atoms with E-state index in [4.69, 9.17) is 0 Å². The summed E-state index contributed by atoms with van der Waals surface area (Å²) >= 11 is 3.33. The van der Waals surface area contributed by atoms with E-state index in [1.54, 1.807) is 24.3 Å². The number of nitriles is 1. The SMILES string of the molecule is Cc1cc(C)nc(-n2ncc(C#N)c2NC(=O)c2ccc(Br)cc2)n1. The summed E-state index contributed by atoms with van der Waals surface area (Å²) in [6.07, 6.45) is 1.37. The normalized spacial score (nSPS) is 10.3. The number of carbonyl (C=O) groups excluding carboxylic acids is 1. The van der Waals surface area contributed by atoms with E-state index in [2.05, 4.69) is 36.3 Å². The third kappa shape index (κ3) is 3.56. The fourth-order valence-electron chi connectivity index (χ4n) is 2.29. The minimum atomic E-state index is -0.352. The zero-order valence-electron chi connectivity index (χ0n) is 13.5. The molecule has 0 aliphatic heterocycles. The molecule has 1 N–H and O–H groups in total. The second-order valence-electron chi connectivity index (χ2n) is 5.34. The molecular formula is C17H13BrN6O. The lowest BCUT2D eigenvalue weighted by Gasteiger charge is -2.09. The number of anilines is 1. The van der Waals surface area contributed by atoms with Gasteiger partial charge in [-0.05, 0) is 44.2 Å². The quantitative estimate of drug-likeness (QED) is 0.732. The van der Waals surface area contributed by atoms with E-state index in [9.17, 15) is 10.1 Å². The molecule has 0 unspecified atom stereocenters. The molecule has 3 rings (SSSR count). The molecule has 1 aromatic carbocycles. The Kier molecular flexibility index (Phi) is 4.59. The Hall–Kier alpha value is -3.05. The molecule has 0 atom stereocenters. The maximum absolute atomic E-state index is 12.5. The van der Waals surface area contributed by atoms with Crippen LogP contribution in [0.1, 0.15) is 27.3 Å². The molecule has 0 fully saturated rings. The smallest absolute Gasteiger partial charge is 0.256 e. The number of carbonyl (C=O) groups is 1. The van der Waals surface area contributed by atoms with Crippen LogP contribution in [-0.4, -0.2) is 25.7 Å². The van der Waals surface area contributed by atoms with E-state index in [-0.39, 0.29) is 17.3 Å². The van der Waals surface area contributed by atoms with E-state index in [1.807, 2.05) is 26.0 Å². The van der Waals surface area contributed by atoms with Crippen molar-refractivity contribution in [3.8, 4) is 12.0 Å². The lowest BCUT2D eigenvalue weighted by Crippen LogP contribution is -2.17. The number of rotatable bonds is 3. The van der Waals surface area contributed by atoms with E-state index >= 15 is 0 Å². The molecule has 3 aromatic rings. The van der Waals surface area contributed by atoms with Gasteiger partial charge >= 0.3 is 0 Å². The number of aryl methyl sites for hydroxylation is 2. The molecule has 124 valence electrons. The maximum Gasteiger partial charge on any atom is 0.256 e. The van der Waals surface area contributed by atoms with Crippen LogP contribution in [0.3, 0.4) is 0 Å². The maximum atomic E-state index is 12.5. The van der Waals surface area contributed by atoms with Crippen molar-refractivity contribution in [3.63, 3.8) is 0 Å². The summed E-state index contributed by atoms with van der Waals surface area (Å²) in [5.74, 6) is 0.181. The largest absolute Gasteiger partial charge is 0.305 e. The summed E-state index contributed by atoms with van der Waals surface area (Å²) in [6.45, 7) is 3.68. The highest BCUT2D eigenvalue weighted by Gasteiger charge is 2.18. The minimum Gasteiger partial charge on any atom is -0.305 e. The molecule has 0 aliphatic rings. The van der Waals surface area contributed by atoms with Gasteiger partial charge in [0.05, 0.1) is 6.20 Å². The Balaban J connectivity index is 2.01. The summed E-state index contributed by atoms with van der Waals surface area (Å²) in [7, 11) is 0.